The minimum absolute atomic E-state index is 0.203. The Morgan fingerprint density at radius 2 is 1.21 bits per heavy atom. The highest BCUT2D eigenvalue weighted by Gasteiger charge is 2.72. The van der Waals surface area contributed by atoms with Crippen LogP contribution < -0.4 is 9.64 Å². The summed E-state index contributed by atoms with van der Waals surface area (Å²) in [4.78, 5) is 29.7. The molecule has 6 heteroatoms. The number of unbranched alkanes of at least 4 members (excludes halogenated alkanes) is 1. The number of anilines is 1. The molecule has 1 heterocycles. The number of amides is 2. The SMILES string of the molecule is CCCCOc1ccccc1N1C(=O)[C@@H]2[C@@H](C1=O)C1(Br)c3ccccc3C2(Br)c2ccccc21. The summed E-state index contributed by atoms with van der Waals surface area (Å²) >= 11 is 8.09. The Kier molecular flexibility index (Phi) is 5.05. The van der Waals surface area contributed by atoms with Gasteiger partial charge in [0.05, 0.1) is 32.8 Å². The lowest BCUT2D eigenvalue weighted by atomic mass is 9.54. The summed E-state index contributed by atoms with van der Waals surface area (Å²) in [6, 6.07) is 23.6. The fourth-order valence-corrected chi connectivity index (χ4v) is 8.30. The maximum Gasteiger partial charge on any atom is 0.240 e. The molecule has 3 aliphatic carbocycles. The second-order valence-electron chi connectivity index (χ2n) is 9.15. The zero-order valence-corrected chi connectivity index (χ0v) is 21.8. The number of imide groups is 1. The van der Waals surface area contributed by atoms with E-state index in [0.29, 0.717) is 18.0 Å². The first kappa shape index (κ1) is 22.1. The number of alkyl halides is 2. The molecular weight excluding hydrogens is 558 g/mol. The maximum atomic E-state index is 14.2. The van der Waals surface area contributed by atoms with Crippen LogP contribution in [0.15, 0.2) is 72.8 Å². The van der Waals surface area contributed by atoms with Gasteiger partial charge in [0.2, 0.25) is 11.8 Å². The second kappa shape index (κ2) is 7.79. The minimum Gasteiger partial charge on any atom is -0.491 e. The predicted molar refractivity (Wildman–Crippen MR) is 139 cm³/mol. The molecule has 1 aliphatic heterocycles. The van der Waals surface area contributed by atoms with Crippen molar-refractivity contribution in [3.8, 4) is 5.75 Å². The molecule has 2 amide bonds. The van der Waals surface area contributed by atoms with E-state index in [1.807, 2.05) is 42.5 Å². The van der Waals surface area contributed by atoms with Crippen molar-refractivity contribution in [2.75, 3.05) is 11.5 Å². The smallest absolute Gasteiger partial charge is 0.240 e. The molecule has 7 rings (SSSR count). The van der Waals surface area contributed by atoms with Crippen molar-refractivity contribution in [1.82, 2.24) is 0 Å². The molecule has 1 fully saturated rings. The van der Waals surface area contributed by atoms with Crippen LogP contribution in [-0.4, -0.2) is 18.4 Å². The molecule has 2 atom stereocenters. The monoisotopic (exact) mass is 579 g/mol. The molecule has 3 aromatic rings. The molecule has 3 aromatic carbocycles. The van der Waals surface area contributed by atoms with Gasteiger partial charge >= 0.3 is 0 Å². The van der Waals surface area contributed by atoms with Crippen molar-refractivity contribution >= 4 is 49.4 Å². The van der Waals surface area contributed by atoms with Crippen LogP contribution in [0.2, 0.25) is 0 Å². The van der Waals surface area contributed by atoms with Crippen molar-refractivity contribution in [3.63, 3.8) is 0 Å². The standard InChI is InChI=1S/C28H23Br2NO3/c1-2-3-16-34-22-15-9-8-14-21(22)31-25(32)23-24(26(31)33)28(30)18-11-5-4-10-17(18)27(23,29)19-12-6-7-13-20(19)28/h4-15,23-24H,2-3,16H2,1H3/t23-,24-,27?,28?/m0/s1. The molecule has 0 aromatic heterocycles. The summed E-state index contributed by atoms with van der Waals surface area (Å²) in [6.45, 7) is 2.64. The van der Waals surface area contributed by atoms with E-state index in [1.165, 1.54) is 4.90 Å². The number of nitrogens with zero attached hydrogens (tertiary/aromatic N) is 1. The zero-order chi connectivity index (χ0) is 23.7. The normalized spacial score (nSPS) is 28.5. The summed E-state index contributed by atoms with van der Waals surface area (Å²) in [5.74, 6) is -1.02. The lowest BCUT2D eigenvalue weighted by Crippen LogP contribution is -2.56. The van der Waals surface area contributed by atoms with Gasteiger partial charge in [-0.1, -0.05) is 106 Å². The van der Waals surface area contributed by atoms with Crippen LogP contribution in [0.3, 0.4) is 0 Å². The first-order chi connectivity index (χ1) is 16.5. The number of rotatable bonds is 5. The number of hydrogen-bond donors (Lipinski definition) is 0. The molecule has 34 heavy (non-hydrogen) atoms. The summed E-state index contributed by atoms with van der Waals surface area (Å²) in [5.41, 5.74) is 4.64. The van der Waals surface area contributed by atoms with E-state index >= 15 is 0 Å². The number of para-hydroxylation sites is 2. The number of ether oxygens (including phenoxy) is 1. The Morgan fingerprint density at radius 1 is 0.765 bits per heavy atom. The van der Waals surface area contributed by atoms with E-state index in [0.717, 1.165) is 35.1 Å². The maximum absolute atomic E-state index is 14.2. The molecule has 0 radical (unpaired) electrons. The van der Waals surface area contributed by atoms with Crippen molar-refractivity contribution in [3.05, 3.63) is 95.1 Å². The number of halogens is 2. The van der Waals surface area contributed by atoms with E-state index in [1.54, 1.807) is 6.07 Å². The molecule has 4 nitrogen and oxygen atoms in total. The van der Waals surface area contributed by atoms with Gasteiger partial charge in [0.1, 0.15) is 5.75 Å². The number of hydrogen-bond acceptors (Lipinski definition) is 3. The van der Waals surface area contributed by atoms with Gasteiger partial charge in [-0.05, 0) is 40.8 Å². The van der Waals surface area contributed by atoms with E-state index in [2.05, 4.69) is 63.0 Å². The van der Waals surface area contributed by atoms with Crippen LogP contribution in [0.1, 0.15) is 42.0 Å². The molecule has 4 aliphatic rings. The highest BCUT2D eigenvalue weighted by molar-refractivity contribution is 9.10. The Morgan fingerprint density at radius 3 is 1.68 bits per heavy atom. The van der Waals surface area contributed by atoms with Gasteiger partial charge in [-0.2, -0.15) is 0 Å². The van der Waals surface area contributed by atoms with E-state index in [9.17, 15) is 9.59 Å². The van der Waals surface area contributed by atoms with Crippen molar-refractivity contribution in [2.45, 2.75) is 28.4 Å². The molecule has 172 valence electrons. The third-order valence-corrected chi connectivity index (χ3v) is 10.1. The number of carbonyl (C=O) groups is 2. The summed E-state index contributed by atoms with van der Waals surface area (Å²) in [5, 5.41) is 0. The average Bonchev–Trinajstić information content (AvgIpc) is 3.14. The largest absolute Gasteiger partial charge is 0.491 e. The van der Waals surface area contributed by atoms with Crippen LogP contribution >= 0.6 is 31.9 Å². The Hall–Kier alpha value is -2.44. The van der Waals surface area contributed by atoms with Crippen molar-refractivity contribution in [1.29, 1.82) is 0 Å². The van der Waals surface area contributed by atoms with Crippen molar-refractivity contribution in [2.24, 2.45) is 11.8 Å². The topological polar surface area (TPSA) is 46.6 Å². The lowest BCUT2D eigenvalue weighted by Gasteiger charge is -2.55. The molecule has 1 saturated heterocycles. The van der Waals surface area contributed by atoms with Crippen LogP contribution in [0, 0.1) is 11.8 Å². The fourth-order valence-electron chi connectivity index (χ4n) is 5.99. The van der Waals surface area contributed by atoms with E-state index in [4.69, 9.17) is 4.74 Å². The van der Waals surface area contributed by atoms with E-state index in [-0.39, 0.29) is 11.8 Å². The summed E-state index contributed by atoms with van der Waals surface area (Å²) in [7, 11) is 0. The van der Waals surface area contributed by atoms with E-state index < -0.39 is 20.5 Å². The fraction of sp³-hybridized carbons (Fsp3) is 0.286. The molecule has 0 spiro atoms. The number of carbonyl (C=O) groups excluding carboxylic acids is 2. The first-order valence-corrected chi connectivity index (χ1v) is 13.2. The van der Waals surface area contributed by atoms with Gasteiger partial charge in [-0.15, -0.1) is 0 Å². The second-order valence-corrected chi connectivity index (χ2v) is 11.7. The molecule has 0 saturated carbocycles. The van der Waals surface area contributed by atoms with Crippen LogP contribution in [-0.2, 0) is 18.2 Å². The first-order valence-electron chi connectivity index (χ1n) is 11.6. The van der Waals surface area contributed by atoms with Crippen LogP contribution in [0.4, 0.5) is 5.69 Å². The van der Waals surface area contributed by atoms with Gasteiger partial charge in [-0.3, -0.25) is 9.59 Å². The highest BCUT2D eigenvalue weighted by atomic mass is 79.9. The highest BCUT2D eigenvalue weighted by Crippen LogP contribution is 2.71. The predicted octanol–water partition coefficient (Wildman–Crippen LogP) is 6.28. The third kappa shape index (κ3) is 2.64. The summed E-state index contributed by atoms with van der Waals surface area (Å²) < 4.78 is 4.43. The van der Waals surface area contributed by atoms with Gasteiger partial charge in [0, 0.05) is 0 Å². The minimum atomic E-state index is -0.792. The Bertz CT molecular complexity index is 1210. The molecule has 0 N–H and O–H groups in total. The van der Waals surface area contributed by atoms with Crippen molar-refractivity contribution < 1.29 is 14.3 Å². The van der Waals surface area contributed by atoms with Gasteiger partial charge in [0.15, 0.2) is 0 Å². The van der Waals surface area contributed by atoms with Gasteiger partial charge < -0.3 is 4.74 Å². The summed E-state index contributed by atoms with van der Waals surface area (Å²) in [6.07, 6.45) is 1.91. The zero-order valence-electron chi connectivity index (χ0n) is 18.6. The number of benzene rings is 3. The van der Waals surface area contributed by atoms with Crippen LogP contribution in [0.5, 0.6) is 5.75 Å². The molecule has 2 bridgehead atoms. The Balaban J connectivity index is 1.55. The average molecular weight is 581 g/mol. The lowest BCUT2D eigenvalue weighted by molar-refractivity contribution is -0.122. The quantitative estimate of drug-likeness (QED) is 0.203. The van der Waals surface area contributed by atoms with Crippen LogP contribution in [0.25, 0.3) is 0 Å². The third-order valence-electron chi connectivity index (χ3n) is 7.45. The molecule has 0 unspecified atom stereocenters. The van der Waals surface area contributed by atoms with Gasteiger partial charge in [-0.25, -0.2) is 4.90 Å². The van der Waals surface area contributed by atoms with Gasteiger partial charge in [0.25, 0.3) is 0 Å². The molecular formula is C28H23Br2NO3. The Labute approximate surface area is 215 Å².